The summed E-state index contributed by atoms with van der Waals surface area (Å²) in [6.07, 6.45) is 0. The number of amides is 1. The van der Waals surface area contributed by atoms with Crippen LogP contribution in [-0.2, 0) is 4.74 Å². The molecule has 132 valence electrons. The van der Waals surface area contributed by atoms with E-state index in [9.17, 15) is 4.79 Å². The Bertz CT molecular complexity index is 872. The van der Waals surface area contributed by atoms with Gasteiger partial charge in [-0.15, -0.1) is 11.3 Å². The number of hydrogen-bond donors (Lipinski definition) is 1. The van der Waals surface area contributed by atoms with Crippen molar-refractivity contribution in [2.24, 2.45) is 0 Å². The number of hydrogen-bond acceptors (Lipinski definition) is 5. The second-order valence-corrected chi connectivity index (χ2v) is 6.93. The molecule has 1 amide bonds. The smallest absolute Gasteiger partial charge is 0.274 e. The fraction of sp³-hybridized carbons (Fsp3) is 0.200. The van der Waals surface area contributed by atoms with Crippen LogP contribution in [0.5, 0.6) is 0 Å². The Balaban J connectivity index is 1.45. The van der Waals surface area contributed by atoms with Crippen molar-refractivity contribution in [2.45, 2.75) is 0 Å². The summed E-state index contributed by atoms with van der Waals surface area (Å²) in [5.41, 5.74) is 3.13. The molecule has 0 bridgehead atoms. The third kappa shape index (κ3) is 3.76. The van der Waals surface area contributed by atoms with Gasteiger partial charge in [-0.25, -0.2) is 4.98 Å². The average molecular weight is 365 g/mol. The summed E-state index contributed by atoms with van der Waals surface area (Å²) in [5, 5.41) is 4.92. The van der Waals surface area contributed by atoms with Crippen LogP contribution < -0.4 is 10.2 Å². The van der Waals surface area contributed by atoms with Gasteiger partial charge in [0, 0.05) is 24.5 Å². The van der Waals surface area contributed by atoms with Crippen LogP contribution in [0.15, 0.2) is 60.0 Å². The molecule has 1 saturated heterocycles. The van der Waals surface area contributed by atoms with Crippen molar-refractivity contribution in [3.63, 3.8) is 0 Å². The van der Waals surface area contributed by atoms with Crippen LogP contribution in [0.4, 0.5) is 11.4 Å². The first kappa shape index (κ1) is 16.8. The van der Waals surface area contributed by atoms with Gasteiger partial charge in [0.1, 0.15) is 5.69 Å². The molecule has 1 aromatic carbocycles. The Labute approximate surface area is 156 Å². The summed E-state index contributed by atoms with van der Waals surface area (Å²) in [5.74, 6) is -0.206. The van der Waals surface area contributed by atoms with Crippen LogP contribution in [0.3, 0.4) is 0 Å². The minimum absolute atomic E-state index is 0.206. The molecule has 6 heteroatoms. The lowest BCUT2D eigenvalue weighted by Crippen LogP contribution is -2.36. The van der Waals surface area contributed by atoms with E-state index in [0.29, 0.717) is 5.69 Å². The summed E-state index contributed by atoms with van der Waals surface area (Å²) in [6, 6.07) is 17.4. The summed E-state index contributed by atoms with van der Waals surface area (Å²) in [7, 11) is 0. The first-order valence-corrected chi connectivity index (χ1v) is 9.42. The largest absolute Gasteiger partial charge is 0.378 e. The van der Waals surface area contributed by atoms with Crippen molar-refractivity contribution in [3.8, 4) is 10.6 Å². The maximum absolute atomic E-state index is 12.5. The number of nitrogens with one attached hydrogen (secondary N) is 1. The third-order valence-corrected chi connectivity index (χ3v) is 5.15. The Hall–Kier alpha value is -2.70. The molecule has 0 atom stereocenters. The minimum atomic E-state index is -0.206. The summed E-state index contributed by atoms with van der Waals surface area (Å²) < 4.78 is 5.38. The second-order valence-electron chi connectivity index (χ2n) is 5.99. The van der Waals surface area contributed by atoms with Crippen LogP contribution in [0.1, 0.15) is 10.5 Å². The summed E-state index contributed by atoms with van der Waals surface area (Å²) >= 11 is 1.61. The number of carbonyl (C=O) groups is 1. The molecule has 1 N–H and O–H groups in total. The second kappa shape index (κ2) is 7.68. The monoisotopic (exact) mass is 365 g/mol. The van der Waals surface area contributed by atoms with Crippen molar-refractivity contribution in [1.82, 2.24) is 4.98 Å². The number of morpholine rings is 1. The zero-order chi connectivity index (χ0) is 17.8. The number of anilines is 2. The molecular formula is C20H19N3O2S. The first-order chi connectivity index (χ1) is 12.8. The molecule has 0 radical (unpaired) electrons. The highest BCUT2D eigenvalue weighted by Gasteiger charge is 2.12. The fourth-order valence-corrected chi connectivity index (χ4v) is 3.59. The zero-order valence-corrected chi connectivity index (χ0v) is 15.0. The Morgan fingerprint density at radius 3 is 2.58 bits per heavy atom. The molecule has 0 aliphatic carbocycles. The van der Waals surface area contributed by atoms with E-state index < -0.39 is 0 Å². The highest BCUT2D eigenvalue weighted by atomic mass is 32.1. The van der Waals surface area contributed by atoms with Crippen molar-refractivity contribution in [1.29, 1.82) is 0 Å². The molecule has 1 aliphatic rings. The molecular weight excluding hydrogens is 346 g/mol. The van der Waals surface area contributed by atoms with Crippen LogP contribution in [0.2, 0.25) is 0 Å². The number of benzene rings is 1. The van der Waals surface area contributed by atoms with Crippen LogP contribution in [0.25, 0.3) is 10.6 Å². The molecule has 5 nitrogen and oxygen atoms in total. The first-order valence-electron chi connectivity index (χ1n) is 8.55. The third-order valence-electron chi connectivity index (χ3n) is 4.26. The number of carbonyl (C=O) groups excluding carboxylic acids is 1. The Morgan fingerprint density at radius 2 is 1.85 bits per heavy atom. The molecule has 3 aromatic rings. The fourth-order valence-electron chi connectivity index (χ4n) is 2.89. The van der Waals surface area contributed by atoms with Gasteiger partial charge < -0.3 is 15.0 Å². The van der Waals surface area contributed by atoms with Crippen molar-refractivity contribution in [3.05, 3.63) is 65.7 Å². The lowest BCUT2D eigenvalue weighted by molar-refractivity contribution is 0.102. The molecule has 4 rings (SSSR count). The van der Waals surface area contributed by atoms with E-state index in [-0.39, 0.29) is 5.91 Å². The average Bonchev–Trinajstić information content (AvgIpc) is 3.24. The van der Waals surface area contributed by atoms with E-state index in [4.69, 9.17) is 4.74 Å². The number of thiophene rings is 1. The van der Waals surface area contributed by atoms with Gasteiger partial charge in [0.2, 0.25) is 0 Å². The van der Waals surface area contributed by atoms with Crippen LogP contribution >= 0.6 is 11.3 Å². The van der Waals surface area contributed by atoms with E-state index in [1.165, 1.54) is 0 Å². The number of aromatic nitrogens is 1. The van der Waals surface area contributed by atoms with Gasteiger partial charge in [0.05, 0.1) is 23.8 Å². The van der Waals surface area contributed by atoms with E-state index in [1.807, 2.05) is 53.9 Å². The normalized spacial score (nSPS) is 14.2. The highest BCUT2D eigenvalue weighted by Crippen LogP contribution is 2.23. The predicted molar refractivity (Wildman–Crippen MR) is 105 cm³/mol. The minimum Gasteiger partial charge on any atom is -0.378 e. The molecule has 0 unspecified atom stereocenters. The predicted octanol–water partition coefficient (Wildman–Crippen LogP) is 3.90. The Kier molecular flexibility index (Phi) is 4.95. The summed E-state index contributed by atoms with van der Waals surface area (Å²) in [6.45, 7) is 3.30. The maximum atomic E-state index is 12.5. The molecule has 3 heterocycles. The molecule has 2 aromatic heterocycles. The molecule has 0 saturated carbocycles. The van der Waals surface area contributed by atoms with Gasteiger partial charge in [0.15, 0.2) is 0 Å². The molecule has 0 spiro atoms. The van der Waals surface area contributed by atoms with E-state index >= 15 is 0 Å². The van der Waals surface area contributed by atoms with Gasteiger partial charge in [-0.05, 0) is 47.8 Å². The van der Waals surface area contributed by atoms with Gasteiger partial charge in [-0.2, -0.15) is 0 Å². The van der Waals surface area contributed by atoms with E-state index in [0.717, 1.165) is 48.2 Å². The zero-order valence-electron chi connectivity index (χ0n) is 14.2. The van der Waals surface area contributed by atoms with Crippen molar-refractivity contribution < 1.29 is 9.53 Å². The van der Waals surface area contributed by atoms with Gasteiger partial charge in [-0.1, -0.05) is 12.1 Å². The maximum Gasteiger partial charge on any atom is 0.274 e. The van der Waals surface area contributed by atoms with E-state index in [2.05, 4.69) is 15.2 Å². The molecule has 1 fully saturated rings. The number of nitrogens with zero attached hydrogens (tertiary/aromatic N) is 2. The lowest BCUT2D eigenvalue weighted by Gasteiger charge is -2.28. The van der Waals surface area contributed by atoms with Gasteiger partial charge in [0.25, 0.3) is 5.91 Å². The topological polar surface area (TPSA) is 54.5 Å². The van der Waals surface area contributed by atoms with E-state index in [1.54, 1.807) is 17.4 Å². The number of pyridine rings is 1. The van der Waals surface area contributed by atoms with Gasteiger partial charge in [-0.3, -0.25) is 4.79 Å². The number of ether oxygens (including phenoxy) is 1. The molecule has 26 heavy (non-hydrogen) atoms. The summed E-state index contributed by atoms with van der Waals surface area (Å²) in [4.78, 5) is 20.3. The van der Waals surface area contributed by atoms with Crippen LogP contribution in [0, 0.1) is 0 Å². The highest BCUT2D eigenvalue weighted by molar-refractivity contribution is 7.13. The SMILES string of the molecule is O=C(Nc1ccc(N2CCOCC2)cc1)c1cccc(-c2cccs2)n1. The van der Waals surface area contributed by atoms with Crippen molar-refractivity contribution in [2.75, 3.05) is 36.5 Å². The van der Waals surface area contributed by atoms with Crippen molar-refractivity contribution >= 4 is 28.6 Å². The Morgan fingerprint density at radius 1 is 1.04 bits per heavy atom. The molecule has 1 aliphatic heterocycles. The van der Waals surface area contributed by atoms with Crippen LogP contribution in [-0.4, -0.2) is 37.2 Å². The number of rotatable bonds is 4. The standard InChI is InChI=1S/C20H19N3O2S/c24-20(18-4-1-3-17(22-18)19-5-2-14-26-19)21-15-6-8-16(9-7-15)23-10-12-25-13-11-23/h1-9,14H,10-13H2,(H,21,24). The lowest BCUT2D eigenvalue weighted by atomic mass is 10.2. The van der Waals surface area contributed by atoms with Gasteiger partial charge >= 0.3 is 0 Å². The quantitative estimate of drug-likeness (QED) is 0.762.